The summed E-state index contributed by atoms with van der Waals surface area (Å²) < 4.78 is 26.2. The molecule has 1 fully saturated rings. The highest BCUT2D eigenvalue weighted by Gasteiger charge is 2.31. The predicted molar refractivity (Wildman–Crippen MR) is 74.6 cm³/mol. The van der Waals surface area contributed by atoms with Crippen LogP contribution in [0.25, 0.3) is 0 Å². The van der Waals surface area contributed by atoms with Gasteiger partial charge in [-0.1, -0.05) is 13.0 Å². The van der Waals surface area contributed by atoms with Crippen molar-refractivity contribution < 1.29 is 8.78 Å². The Kier molecular flexibility index (Phi) is 4.89. The van der Waals surface area contributed by atoms with E-state index in [1.165, 1.54) is 6.07 Å². The molecule has 0 spiro atoms. The lowest BCUT2D eigenvalue weighted by atomic mass is 10.0. The fourth-order valence-electron chi connectivity index (χ4n) is 2.10. The molecular formula is C12H16F2N2S2. The third kappa shape index (κ3) is 2.99. The first-order valence-corrected chi connectivity index (χ1v) is 7.87. The van der Waals surface area contributed by atoms with E-state index in [-0.39, 0.29) is 11.3 Å². The van der Waals surface area contributed by atoms with E-state index >= 15 is 0 Å². The summed E-state index contributed by atoms with van der Waals surface area (Å²) >= 11 is 3.72. The third-order valence-electron chi connectivity index (χ3n) is 3.05. The van der Waals surface area contributed by atoms with Gasteiger partial charge >= 0.3 is 0 Å². The van der Waals surface area contributed by atoms with E-state index in [9.17, 15) is 8.78 Å². The lowest BCUT2D eigenvalue weighted by molar-refractivity contribution is 0.492. The van der Waals surface area contributed by atoms with Crippen LogP contribution in [0, 0.1) is 11.6 Å². The Bertz CT molecular complexity index is 417. The maximum atomic E-state index is 13.3. The van der Waals surface area contributed by atoms with Gasteiger partial charge in [0.1, 0.15) is 0 Å². The van der Waals surface area contributed by atoms with Crippen molar-refractivity contribution in [1.82, 2.24) is 5.43 Å². The average Bonchev–Trinajstić information content (AvgIpc) is 2.37. The van der Waals surface area contributed by atoms with Crippen LogP contribution < -0.4 is 11.3 Å². The molecule has 0 aromatic heterocycles. The minimum Gasteiger partial charge on any atom is -0.271 e. The molecule has 1 aromatic carbocycles. The Hall–Kier alpha value is -0.300. The molecule has 0 amide bonds. The van der Waals surface area contributed by atoms with Crippen LogP contribution in [0.1, 0.15) is 18.5 Å². The van der Waals surface area contributed by atoms with E-state index in [1.54, 1.807) is 6.07 Å². The van der Waals surface area contributed by atoms with Crippen molar-refractivity contribution in [3.63, 3.8) is 0 Å². The topological polar surface area (TPSA) is 38.0 Å². The molecule has 1 aliphatic rings. The molecule has 2 rings (SSSR count). The van der Waals surface area contributed by atoms with Gasteiger partial charge in [0.15, 0.2) is 11.6 Å². The summed E-state index contributed by atoms with van der Waals surface area (Å²) in [5, 5.41) is 0.691. The smallest absolute Gasteiger partial charge is 0.159 e. The highest BCUT2D eigenvalue weighted by molar-refractivity contribution is 8.07. The van der Waals surface area contributed by atoms with Crippen LogP contribution in [0.5, 0.6) is 0 Å². The number of hydrogen-bond donors (Lipinski definition) is 2. The number of hydrazine groups is 1. The molecule has 0 bridgehead atoms. The molecule has 100 valence electrons. The maximum absolute atomic E-state index is 13.3. The first kappa shape index (κ1) is 14.1. The molecule has 0 saturated carbocycles. The Labute approximate surface area is 114 Å². The van der Waals surface area contributed by atoms with Crippen molar-refractivity contribution in [2.45, 2.75) is 23.5 Å². The number of nitrogens with one attached hydrogen (secondary N) is 1. The van der Waals surface area contributed by atoms with Crippen molar-refractivity contribution in [3.8, 4) is 0 Å². The first-order chi connectivity index (χ1) is 8.63. The van der Waals surface area contributed by atoms with Crippen LogP contribution in [-0.2, 0) is 0 Å². The number of hydrogen-bond acceptors (Lipinski definition) is 4. The van der Waals surface area contributed by atoms with Gasteiger partial charge in [-0.2, -0.15) is 23.5 Å². The van der Waals surface area contributed by atoms with E-state index < -0.39 is 11.6 Å². The van der Waals surface area contributed by atoms with Crippen molar-refractivity contribution in [2.24, 2.45) is 5.84 Å². The molecule has 3 N–H and O–H groups in total. The number of halogens is 2. The Morgan fingerprint density at radius 1 is 1.28 bits per heavy atom. The monoisotopic (exact) mass is 290 g/mol. The maximum Gasteiger partial charge on any atom is 0.159 e. The highest BCUT2D eigenvalue weighted by Crippen LogP contribution is 2.38. The van der Waals surface area contributed by atoms with Gasteiger partial charge in [-0.15, -0.1) is 0 Å². The second-order valence-electron chi connectivity index (χ2n) is 4.23. The van der Waals surface area contributed by atoms with Crippen molar-refractivity contribution in [1.29, 1.82) is 0 Å². The Balaban J connectivity index is 2.23. The van der Waals surface area contributed by atoms with Crippen LogP contribution in [0.15, 0.2) is 18.2 Å². The summed E-state index contributed by atoms with van der Waals surface area (Å²) in [5.41, 5.74) is 3.44. The summed E-state index contributed by atoms with van der Waals surface area (Å²) in [4.78, 5) is 0. The van der Waals surface area contributed by atoms with Crippen molar-refractivity contribution >= 4 is 23.5 Å². The summed E-state index contributed by atoms with van der Waals surface area (Å²) in [7, 11) is 0. The first-order valence-electron chi connectivity index (χ1n) is 5.77. The number of nitrogens with two attached hydrogens (primary N) is 1. The van der Waals surface area contributed by atoms with Crippen LogP contribution in [0.4, 0.5) is 8.78 Å². The molecule has 0 radical (unpaired) electrons. The zero-order valence-electron chi connectivity index (χ0n) is 10.0. The largest absolute Gasteiger partial charge is 0.271 e. The summed E-state index contributed by atoms with van der Waals surface area (Å²) in [6.45, 7) is 2.14. The average molecular weight is 290 g/mol. The van der Waals surface area contributed by atoms with Crippen LogP contribution >= 0.6 is 23.5 Å². The molecule has 2 nitrogen and oxygen atoms in total. The van der Waals surface area contributed by atoms with Gasteiger partial charge in [0.05, 0.1) is 6.04 Å². The highest BCUT2D eigenvalue weighted by atomic mass is 32.2. The van der Waals surface area contributed by atoms with Crippen LogP contribution in [0.3, 0.4) is 0 Å². The second kappa shape index (κ2) is 6.23. The third-order valence-corrected chi connectivity index (χ3v) is 6.24. The minimum atomic E-state index is -0.826. The van der Waals surface area contributed by atoms with E-state index in [0.717, 1.165) is 17.6 Å². The van der Waals surface area contributed by atoms with Gasteiger partial charge in [0, 0.05) is 22.0 Å². The lowest BCUT2D eigenvalue weighted by Gasteiger charge is -2.34. The molecule has 1 saturated heterocycles. The fourth-order valence-corrected chi connectivity index (χ4v) is 5.03. The number of thioether (sulfide) groups is 2. The van der Waals surface area contributed by atoms with Crippen molar-refractivity contribution in [2.75, 3.05) is 11.5 Å². The van der Waals surface area contributed by atoms with E-state index in [2.05, 4.69) is 12.3 Å². The Morgan fingerprint density at radius 2 is 2.00 bits per heavy atom. The molecular weight excluding hydrogens is 274 g/mol. The molecule has 3 unspecified atom stereocenters. The number of benzene rings is 1. The minimum absolute atomic E-state index is 0.159. The van der Waals surface area contributed by atoms with Crippen LogP contribution in [0.2, 0.25) is 0 Å². The summed E-state index contributed by atoms with van der Waals surface area (Å²) in [5.74, 6) is 6.13. The van der Waals surface area contributed by atoms with E-state index in [4.69, 9.17) is 5.84 Å². The molecule has 0 aliphatic carbocycles. The fraction of sp³-hybridized carbons (Fsp3) is 0.500. The zero-order chi connectivity index (χ0) is 13.1. The van der Waals surface area contributed by atoms with Gasteiger partial charge in [-0.05, 0) is 17.7 Å². The lowest BCUT2D eigenvalue weighted by Crippen LogP contribution is -2.41. The van der Waals surface area contributed by atoms with Gasteiger partial charge in [0.2, 0.25) is 0 Å². The summed E-state index contributed by atoms with van der Waals surface area (Å²) in [6.07, 6.45) is 0. The normalized spacial score (nSPS) is 26.0. The quantitative estimate of drug-likeness (QED) is 0.663. The second-order valence-corrected chi connectivity index (χ2v) is 7.00. The van der Waals surface area contributed by atoms with E-state index in [0.29, 0.717) is 10.8 Å². The Morgan fingerprint density at radius 3 is 2.61 bits per heavy atom. The van der Waals surface area contributed by atoms with E-state index in [1.807, 2.05) is 23.5 Å². The molecule has 18 heavy (non-hydrogen) atoms. The zero-order valence-corrected chi connectivity index (χ0v) is 11.7. The van der Waals surface area contributed by atoms with Gasteiger partial charge < -0.3 is 0 Å². The number of rotatable bonds is 3. The molecule has 1 aliphatic heterocycles. The van der Waals surface area contributed by atoms with Crippen molar-refractivity contribution in [3.05, 3.63) is 35.4 Å². The van der Waals surface area contributed by atoms with Crippen LogP contribution in [-0.4, -0.2) is 22.0 Å². The van der Waals surface area contributed by atoms with Gasteiger partial charge in [-0.25, -0.2) is 8.78 Å². The van der Waals surface area contributed by atoms with Gasteiger partial charge in [0.25, 0.3) is 0 Å². The molecule has 1 aromatic rings. The SMILES string of the molecule is CC1SCCSC1C(NN)c1ccc(F)c(F)c1. The van der Waals surface area contributed by atoms with Gasteiger partial charge in [-0.3, -0.25) is 11.3 Å². The predicted octanol–water partition coefficient (Wildman–Crippen LogP) is 2.71. The molecule has 1 heterocycles. The molecule has 6 heteroatoms. The molecule has 3 atom stereocenters. The standard InChI is InChI=1S/C12H16F2N2S2/c1-7-12(18-5-4-17-7)11(16-15)8-2-3-9(13)10(14)6-8/h2-3,6-7,11-12,16H,4-5,15H2,1H3. The summed E-state index contributed by atoms with van der Waals surface area (Å²) in [6, 6.07) is 3.82.